The molecular formula is C18H19N5O. The van der Waals surface area contributed by atoms with Gasteiger partial charge in [-0.25, -0.2) is 10.1 Å². The zero-order chi connectivity index (χ0) is 16.8. The van der Waals surface area contributed by atoms with Gasteiger partial charge in [0.15, 0.2) is 0 Å². The Balaban J connectivity index is 1.51. The molecule has 0 atom stereocenters. The number of rotatable bonds is 6. The molecule has 2 aromatic carbocycles. The van der Waals surface area contributed by atoms with E-state index in [0.29, 0.717) is 13.0 Å². The molecule has 0 unspecified atom stereocenters. The summed E-state index contributed by atoms with van der Waals surface area (Å²) in [7, 11) is 0. The zero-order valence-electron chi connectivity index (χ0n) is 13.5. The highest BCUT2D eigenvalue weighted by Crippen LogP contribution is 2.09. The van der Waals surface area contributed by atoms with E-state index in [1.165, 1.54) is 5.56 Å². The number of nitrogens with zero attached hydrogens (tertiary/aromatic N) is 4. The normalized spacial score (nSPS) is 11.2. The second-order valence-corrected chi connectivity index (χ2v) is 5.44. The molecule has 0 aliphatic carbocycles. The van der Waals surface area contributed by atoms with Gasteiger partial charge in [-0.3, -0.25) is 4.79 Å². The summed E-state index contributed by atoms with van der Waals surface area (Å²) >= 11 is 0. The van der Waals surface area contributed by atoms with Crippen LogP contribution in [0.25, 0.3) is 11.0 Å². The van der Waals surface area contributed by atoms with Crippen LogP contribution in [0, 0.1) is 0 Å². The smallest absolute Gasteiger partial charge is 0.241 e. The second kappa shape index (κ2) is 7.50. The molecule has 1 heterocycles. The fraction of sp³-hybridized carbons (Fsp3) is 0.222. The molecule has 6 nitrogen and oxygen atoms in total. The topological polar surface area (TPSA) is 72.2 Å². The first kappa shape index (κ1) is 15.9. The minimum atomic E-state index is -0.156. The highest BCUT2D eigenvalue weighted by atomic mass is 16.2. The molecule has 0 fully saturated rings. The van der Waals surface area contributed by atoms with Crippen LogP contribution >= 0.6 is 0 Å². The number of fused-ring (bicyclic) bond motifs is 1. The first-order valence-corrected chi connectivity index (χ1v) is 7.95. The van der Waals surface area contributed by atoms with Gasteiger partial charge >= 0.3 is 0 Å². The van der Waals surface area contributed by atoms with Gasteiger partial charge in [0.2, 0.25) is 5.91 Å². The minimum Gasteiger partial charge on any atom is -0.273 e. The minimum absolute atomic E-state index is 0.156. The molecule has 3 rings (SSSR count). The first-order valence-electron chi connectivity index (χ1n) is 7.95. The van der Waals surface area contributed by atoms with Crippen LogP contribution in [0.2, 0.25) is 0 Å². The SMILES string of the molecule is CCc1ccc(/C=N\NC(=O)CCn2nnc3ccccc32)cc1. The van der Waals surface area contributed by atoms with Crippen LogP contribution in [0.15, 0.2) is 53.6 Å². The molecule has 0 bridgehead atoms. The number of carbonyl (C=O) groups is 1. The summed E-state index contributed by atoms with van der Waals surface area (Å²) in [6.07, 6.45) is 2.94. The summed E-state index contributed by atoms with van der Waals surface area (Å²) in [4.78, 5) is 11.9. The number of aryl methyl sites for hydroxylation is 2. The standard InChI is InChI=1S/C18H19N5O/c1-2-14-7-9-15(10-8-14)13-19-21-18(24)11-12-23-17-6-4-3-5-16(17)20-22-23/h3-10,13H,2,11-12H2,1H3,(H,21,24)/b19-13-. The summed E-state index contributed by atoms with van der Waals surface area (Å²) in [6.45, 7) is 2.58. The second-order valence-electron chi connectivity index (χ2n) is 5.44. The molecule has 1 aromatic heterocycles. The van der Waals surface area contributed by atoms with Crippen molar-refractivity contribution in [2.75, 3.05) is 0 Å². The Kier molecular flexibility index (Phi) is 4.96. The third-order valence-electron chi connectivity index (χ3n) is 3.76. The van der Waals surface area contributed by atoms with Gasteiger partial charge in [-0.15, -0.1) is 5.10 Å². The average molecular weight is 321 g/mol. The van der Waals surface area contributed by atoms with Gasteiger partial charge < -0.3 is 0 Å². The average Bonchev–Trinajstić information content (AvgIpc) is 3.04. The lowest BCUT2D eigenvalue weighted by atomic mass is 10.1. The number of hydrogen-bond donors (Lipinski definition) is 1. The predicted octanol–water partition coefficient (Wildman–Crippen LogP) is 2.53. The maximum Gasteiger partial charge on any atom is 0.241 e. The molecule has 24 heavy (non-hydrogen) atoms. The number of hydrazone groups is 1. The maximum atomic E-state index is 11.9. The van der Waals surface area contributed by atoms with E-state index >= 15 is 0 Å². The van der Waals surface area contributed by atoms with Crippen molar-refractivity contribution in [3.63, 3.8) is 0 Å². The van der Waals surface area contributed by atoms with E-state index in [9.17, 15) is 4.79 Å². The van der Waals surface area contributed by atoms with Crippen LogP contribution in [0.5, 0.6) is 0 Å². The third-order valence-corrected chi connectivity index (χ3v) is 3.76. The van der Waals surface area contributed by atoms with Crippen molar-refractivity contribution in [1.29, 1.82) is 0 Å². The van der Waals surface area contributed by atoms with Gasteiger partial charge in [-0.1, -0.05) is 48.5 Å². The predicted molar refractivity (Wildman–Crippen MR) is 93.7 cm³/mol. The summed E-state index contributed by atoms with van der Waals surface area (Å²) in [5.41, 5.74) is 6.51. The van der Waals surface area contributed by atoms with Crippen molar-refractivity contribution in [3.8, 4) is 0 Å². The van der Waals surface area contributed by atoms with Gasteiger partial charge in [0.25, 0.3) is 0 Å². The van der Waals surface area contributed by atoms with Gasteiger partial charge in [0, 0.05) is 6.42 Å². The van der Waals surface area contributed by atoms with Crippen LogP contribution in [-0.2, 0) is 17.8 Å². The van der Waals surface area contributed by atoms with Crippen LogP contribution in [0.1, 0.15) is 24.5 Å². The highest BCUT2D eigenvalue weighted by Gasteiger charge is 2.05. The zero-order valence-corrected chi connectivity index (χ0v) is 13.5. The van der Waals surface area contributed by atoms with Gasteiger partial charge in [-0.05, 0) is 29.7 Å². The number of benzene rings is 2. The van der Waals surface area contributed by atoms with Crippen molar-refractivity contribution in [3.05, 3.63) is 59.7 Å². The Hall–Kier alpha value is -3.02. The van der Waals surface area contributed by atoms with Crippen LogP contribution in [0.3, 0.4) is 0 Å². The lowest BCUT2D eigenvalue weighted by molar-refractivity contribution is -0.121. The lowest BCUT2D eigenvalue weighted by Gasteiger charge is -2.02. The number of hydrogen-bond acceptors (Lipinski definition) is 4. The van der Waals surface area contributed by atoms with Crippen molar-refractivity contribution >= 4 is 23.2 Å². The quantitative estimate of drug-likeness (QED) is 0.560. The number of amides is 1. The highest BCUT2D eigenvalue weighted by molar-refractivity contribution is 5.82. The Morgan fingerprint density at radius 1 is 1.21 bits per heavy atom. The van der Waals surface area contributed by atoms with Gasteiger partial charge in [0.05, 0.1) is 18.3 Å². The maximum absolute atomic E-state index is 11.9. The van der Waals surface area contributed by atoms with Gasteiger partial charge in [0.1, 0.15) is 5.52 Å². The van der Waals surface area contributed by atoms with Crippen molar-refractivity contribution in [2.24, 2.45) is 5.10 Å². The summed E-state index contributed by atoms with van der Waals surface area (Å²) < 4.78 is 1.72. The van der Waals surface area contributed by atoms with Crippen LogP contribution in [-0.4, -0.2) is 27.1 Å². The Morgan fingerprint density at radius 2 is 2.00 bits per heavy atom. The number of aromatic nitrogens is 3. The molecule has 0 saturated carbocycles. The fourth-order valence-corrected chi connectivity index (χ4v) is 2.36. The number of nitrogens with one attached hydrogen (secondary N) is 1. The molecule has 0 aliphatic rings. The van der Waals surface area contributed by atoms with E-state index in [4.69, 9.17) is 0 Å². The Bertz CT molecular complexity index is 851. The van der Waals surface area contributed by atoms with Crippen molar-refractivity contribution in [1.82, 2.24) is 20.4 Å². The summed E-state index contributed by atoms with van der Waals surface area (Å²) in [5.74, 6) is -0.156. The molecule has 122 valence electrons. The molecular weight excluding hydrogens is 302 g/mol. The van der Waals surface area contributed by atoms with E-state index in [1.54, 1.807) is 10.9 Å². The Morgan fingerprint density at radius 3 is 2.79 bits per heavy atom. The monoisotopic (exact) mass is 321 g/mol. The van der Waals surface area contributed by atoms with E-state index < -0.39 is 0 Å². The molecule has 0 spiro atoms. The first-order chi connectivity index (χ1) is 11.8. The van der Waals surface area contributed by atoms with E-state index in [1.807, 2.05) is 36.4 Å². The Labute approximate surface area is 140 Å². The van der Waals surface area contributed by atoms with Gasteiger partial charge in [-0.2, -0.15) is 5.10 Å². The molecule has 0 saturated heterocycles. The van der Waals surface area contributed by atoms with Crippen molar-refractivity contribution in [2.45, 2.75) is 26.3 Å². The molecule has 1 N–H and O–H groups in total. The summed E-state index contributed by atoms with van der Waals surface area (Å²) in [5, 5.41) is 12.1. The van der Waals surface area contributed by atoms with E-state index in [0.717, 1.165) is 23.0 Å². The largest absolute Gasteiger partial charge is 0.273 e. The number of carbonyl (C=O) groups excluding carboxylic acids is 1. The number of para-hydroxylation sites is 1. The molecule has 0 radical (unpaired) electrons. The third kappa shape index (κ3) is 3.84. The molecule has 1 amide bonds. The van der Waals surface area contributed by atoms with Crippen molar-refractivity contribution < 1.29 is 4.79 Å². The summed E-state index contributed by atoms with van der Waals surface area (Å²) in [6, 6.07) is 15.7. The lowest BCUT2D eigenvalue weighted by Crippen LogP contribution is -2.19. The molecule has 3 aromatic rings. The fourth-order valence-electron chi connectivity index (χ4n) is 2.36. The van der Waals surface area contributed by atoms with E-state index in [-0.39, 0.29) is 5.91 Å². The van der Waals surface area contributed by atoms with E-state index in [2.05, 4.69) is 39.9 Å². The molecule has 6 heteroatoms. The van der Waals surface area contributed by atoms with Crippen LogP contribution in [0.4, 0.5) is 0 Å². The molecule has 0 aliphatic heterocycles. The van der Waals surface area contributed by atoms with Crippen LogP contribution < -0.4 is 5.43 Å².